The number of hydrogen-bond acceptors (Lipinski definition) is 3. The van der Waals surface area contributed by atoms with E-state index in [0.29, 0.717) is 12.0 Å². The van der Waals surface area contributed by atoms with Crippen molar-refractivity contribution < 1.29 is 4.74 Å². The van der Waals surface area contributed by atoms with Crippen LogP contribution in [0.15, 0.2) is 11.2 Å². The predicted molar refractivity (Wildman–Crippen MR) is 108 cm³/mol. The lowest BCUT2D eigenvalue weighted by Gasteiger charge is -2.22. The Bertz CT molecular complexity index is 561. The van der Waals surface area contributed by atoms with E-state index in [0.717, 1.165) is 38.6 Å². The van der Waals surface area contributed by atoms with E-state index in [1.165, 1.54) is 36.9 Å². The van der Waals surface area contributed by atoms with Gasteiger partial charge in [0.2, 0.25) is 0 Å². The maximum absolute atomic E-state index is 5.93. The highest BCUT2D eigenvalue weighted by atomic mass is 16.5. The monoisotopic (exact) mass is 363 g/mol. The second-order valence-electron chi connectivity index (χ2n) is 7.59. The molecule has 0 aromatic carbocycles. The van der Waals surface area contributed by atoms with Gasteiger partial charge in [0.15, 0.2) is 5.96 Å². The minimum atomic E-state index is 0.423. The third-order valence-corrected chi connectivity index (χ3v) is 4.81. The van der Waals surface area contributed by atoms with Gasteiger partial charge in [-0.05, 0) is 32.1 Å². The van der Waals surface area contributed by atoms with Crippen LogP contribution in [-0.2, 0) is 18.3 Å². The SMILES string of the molecule is CCNC(=NCCCOC1CCCC1)N(C)Cc1cn(C)nc1C(C)C. The molecule has 148 valence electrons. The molecule has 6 heteroatoms. The fourth-order valence-electron chi connectivity index (χ4n) is 3.52. The van der Waals surface area contributed by atoms with Crippen molar-refractivity contribution in [2.24, 2.45) is 12.0 Å². The van der Waals surface area contributed by atoms with Crippen LogP contribution in [0.25, 0.3) is 0 Å². The van der Waals surface area contributed by atoms with Crippen molar-refractivity contribution in [3.8, 4) is 0 Å². The lowest BCUT2D eigenvalue weighted by atomic mass is 10.1. The molecule has 1 saturated carbocycles. The number of guanidine groups is 1. The number of nitrogens with one attached hydrogen (secondary N) is 1. The van der Waals surface area contributed by atoms with Crippen molar-refractivity contribution in [3.63, 3.8) is 0 Å². The maximum Gasteiger partial charge on any atom is 0.193 e. The van der Waals surface area contributed by atoms with Crippen LogP contribution in [0.1, 0.15) is 70.1 Å². The molecule has 1 aromatic rings. The quantitative estimate of drug-likeness (QED) is 0.415. The molecule has 2 rings (SSSR count). The Hall–Kier alpha value is -1.56. The van der Waals surface area contributed by atoms with Gasteiger partial charge in [0.05, 0.1) is 11.8 Å². The smallest absolute Gasteiger partial charge is 0.193 e. The van der Waals surface area contributed by atoms with Crippen LogP contribution in [0, 0.1) is 0 Å². The summed E-state index contributed by atoms with van der Waals surface area (Å²) in [7, 11) is 4.08. The van der Waals surface area contributed by atoms with Crippen molar-refractivity contribution in [2.75, 3.05) is 26.7 Å². The van der Waals surface area contributed by atoms with Crippen LogP contribution in [0.4, 0.5) is 0 Å². The van der Waals surface area contributed by atoms with Crippen molar-refractivity contribution in [3.05, 3.63) is 17.5 Å². The van der Waals surface area contributed by atoms with E-state index in [4.69, 9.17) is 9.73 Å². The second-order valence-corrected chi connectivity index (χ2v) is 7.59. The van der Waals surface area contributed by atoms with Gasteiger partial charge in [0, 0.05) is 52.1 Å². The van der Waals surface area contributed by atoms with Crippen LogP contribution in [0.3, 0.4) is 0 Å². The van der Waals surface area contributed by atoms with Crippen LogP contribution in [0.5, 0.6) is 0 Å². The summed E-state index contributed by atoms with van der Waals surface area (Å²) in [5, 5.41) is 8.00. The summed E-state index contributed by atoms with van der Waals surface area (Å²) in [6, 6.07) is 0. The van der Waals surface area contributed by atoms with Crippen molar-refractivity contribution >= 4 is 5.96 Å². The Morgan fingerprint density at radius 1 is 1.42 bits per heavy atom. The third-order valence-electron chi connectivity index (χ3n) is 4.81. The molecule has 1 aromatic heterocycles. The summed E-state index contributed by atoms with van der Waals surface area (Å²) in [4.78, 5) is 6.96. The summed E-state index contributed by atoms with van der Waals surface area (Å²) in [5.41, 5.74) is 2.43. The fourth-order valence-corrected chi connectivity index (χ4v) is 3.52. The molecule has 0 radical (unpaired) electrons. The average molecular weight is 364 g/mol. The molecule has 0 aliphatic heterocycles. The van der Waals surface area contributed by atoms with E-state index in [1.807, 2.05) is 11.7 Å². The molecular weight excluding hydrogens is 326 g/mol. The van der Waals surface area contributed by atoms with Crippen molar-refractivity contribution in [2.45, 2.75) is 71.4 Å². The molecule has 26 heavy (non-hydrogen) atoms. The lowest BCUT2D eigenvalue weighted by molar-refractivity contribution is 0.0579. The summed E-state index contributed by atoms with van der Waals surface area (Å²) < 4.78 is 7.84. The predicted octanol–water partition coefficient (Wildman–Crippen LogP) is 3.29. The van der Waals surface area contributed by atoms with Gasteiger partial charge < -0.3 is 15.0 Å². The molecule has 0 spiro atoms. The zero-order valence-corrected chi connectivity index (χ0v) is 17.3. The van der Waals surface area contributed by atoms with Crippen molar-refractivity contribution in [1.29, 1.82) is 0 Å². The number of hydrogen-bond donors (Lipinski definition) is 1. The Morgan fingerprint density at radius 2 is 2.15 bits per heavy atom. The zero-order valence-electron chi connectivity index (χ0n) is 17.3. The van der Waals surface area contributed by atoms with Gasteiger partial charge in [0.25, 0.3) is 0 Å². The number of rotatable bonds is 9. The molecule has 0 unspecified atom stereocenters. The van der Waals surface area contributed by atoms with Gasteiger partial charge in [-0.15, -0.1) is 0 Å². The molecule has 1 fully saturated rings. The number of ether oxygens (including phenoxy) is 1. The molecular formula is C20H37N5O. The highest BCUT2D eigenvalue weighted by molar-refractivity contribution is 5.79. The molecule has 1 heterocycles. The Balaban J connectivity index is 1.86. The standard InChI is InChI=1S/C20H37N5O/c1-6-21-20(22-12-9-13-26-18-10-7-8-11-18)24(4)14-17-15-25(5)23-19(17)16(2)3/h15-16,18H,6-14H2,1-5H3,(H,21,22). The molecule has 0 atom stereocenters. The highest BCUT2D eigenvalue weighted by Crippen LogP contribution is 2.21. The Morgan fingerprint density at radius 3 is 2.81 bits per heavy atom. The highest BCUT2D eigenvalue weighted by Gasteiger charge is 2.16. The molecule has 1 aliphatic carbocycles. The third kappa shape index (κ3) is 6.31. The van der Waals surface area contributed by atoms with E-state index >= 15 is 0 Å². The fraction of sp³-hybridized carbons (Fsp3) is 0.800. The first kappa shape index (κ1) is 20.7. The first-order valence-electron chi connectivity index (χ1n) is 10.1. The molecule has 1 N–H and O–H groups in total. The second kappa shape index (κ2) is 10.6. The number of nitrogens with zero attached hydrogens (tertiary/aromatic N) is 4. The van der Waals surface area contributed by atoms with Gasteiger partial charge >= 0.3 is 0 Å². The topological polar surface area (TPSA) is 54.7 Å². The summed E-state index contributed by atoms with van der Waals surface area (Å²) >= 11 is 0. The van der Waals surface area contributed by atoms with Crippen LogP contribution in [-0.4, -0.2) is 53.5 Å². The van der Waals surface area contributed by atoms with Gasteiger partial charge in [-0.1, -0.05) is 26.7 Å². The van der Waals surface area contributed by atoms with Crippen LogP contribution >= 0.6 is 0 Å². The molecule has 0 saturated heterocycles. The van der Waals surface area contributed by atoms with Crippen LogP contribution < -0.4 is 5.32 Å². The number of aliphatic imine (C=N–C) groups is 1. The largest absolute Gasteiger partial charge is 0.378 e. The van der Waals surface area contributed by atoms with E-state index in [1.54, 1.807) is 0 Å². The lowest BCUT2D eigenvalue weighted by Crippen LogP contribution is -2.38. The maximum atomic E-state index is 5.93. The molecule has 6 nitrogen and oxygen atoms in total. The first-order chi connectivity index (χ1) is 12.5. The van der Waals surface area contributed by atoms with Gasteiger partial charge in [0.1, 0.15) is 0 Å². The summed E-state index contributed by atoms with van der Waals surface area (Å²) in [6.45, 7) is 9.78. The number of aryl methyl sites for hydroxylation is 1. The van der Waals surface area contributed by atoms with E-state index in [-0.39, 0.29) is 0 Å². The van der Waals surface area contributed by atoms with E-state index in [2.05, 4.69) is 49.3 Å². The van der Waals surface area contributed by atoms with Gasteiger partial charge in [-0.3, -0.25) is 9.67 Å². The first-order valence-corrected chi connectivity index (χ1v) is 10.1. The minimum absolute atomic E-state index is 0.423. The molecule has 0 bridgehead atoms. The molecule has 1 aliphatic rings. The van der Waals surface area contributed by atoms with E-state index in [9.17, 15) is 0 Å². The zero-order chi connectivity index (χ0) is 18.9. The average Bonchev–Trinajstić information content (AvgIpc) is 3.23. The van der Waals surface area contributed by atoms with Crippen molar-refractivity contribution in [1.82, 2.24) is 20.0 Å². The van der Waals surface area contributed by atoms with E-state index < -0.39 is 0 Å². The molecule has 0 amide bonds. The Kier molecular flexibility index (Phi) is 8.42. The minimum Gasteiger partial charge on any atom is -0.378 e. The van der Waals surface area contributed by atoms with Gasteiger partial charge in [-0.2, -0.15) is 5.10 Å². The van der Waals surface area contributed by atoms with Gasteiger partial charge in [-0.25, -0.2) is 0 Å². The Labute approximate surface area is 159 Å². The number of aromatic nitrogens is 2. The van der Waals surface area contributed by atoms with Crippen LogP contribution in [0.2, 0.25) is 0 Å². The summed E-state index contributed by atoms with van der Waals surface area (Å²) in [5.74, 6) is 1.37. The normalized spacial score (nSPS) is 15.8. The summed E-state index contributed by atoms with van der Waals surface area (Å²) in [6.07, 6.45) is 8.70.